The molecule has 0 spiro atoms. The summed E-state index contributed by atoms with van der Waals surface area (Å²) in [6.07, 6.45) is 5.51. The fourth-order valence-corrected chi connectivity index (χ4v) is 4.20. The van der Waals surface area contributed by atoms with Crippen LogP contribution in [-0.2, 0) is 4.79 Å². The van der Waals surface area contributed by atoms with Gasteiger partial charge in [-0.3, -0.25) is 14.5 Å². The second-order valence-electron chi connectivity index (χ2n) is 8.30. The van der Waals surface area contributed by atoms with E-state index in [2.05, 4.69) is 29.4 Å². The molecule has 1 fully saturated rings. The zero-order chi connectivity index (χ0) is 22.2. The Labute approximate surface area is 185 Å². The number of carbonyl (C=O) groups is 2. The maximum atomic E-state index is 12.5. The minimum absolute atomic E-state index is 0.00475. The quantitative estimate of drug-likeness (QED) is 0.600. The van der Waals surface area contributed by atoms with Crippen molar-refractivity contribution in [2.75, 3.05) is 24.3 Å². The molecule has 31 heavy (non-hydrogen) atoms. The van der Waals surface area contributed by atoms with E-state index in [9.17, 15) is 9.59 Å². The van der Waals surface area contributed by atoms with Gasteiger partial charge in [0.25, 0.3) is 5.91 Å². The lowest BCUT2D eigenvalue weighted by Gasteiger charge is -2.32. The third-order valence-corrected chi connectivity index (χ3v) is 5.84. The minimum Gasteiger partial charge on any atom is -0.495 e. The molecule has 0 heterocycles. The van der Waals surface area contributed by atoms with Gasteiger partial charge in [-0.25, -0.2) is 0 Å². The van der Waals surface area contributed by atoms with Crippen molar-refractivity contribution in [3.63, 3.8) is 0 Å². The predicted octanol–water partition coefficient (Wildman–Crippen LogP) is 4.93. The van der Waals surface area contributed by atoms with Crippen LogP contribution in [0.15, 0.2) is 48.5 Å². The van der Waals surface area contributed by atoms with Crippen molar-refractivity contribution in [1.82, 2.24) is 4.90 Å². The van der Waals surface area contributed by atoms with Crippen LogP contribution in [0.5, 0.6) is 5.75 Å². The first-order chi connectivity index (χ1) is 15.0. The third kappa shape index (κ3) is 6.31. The Bertz CT molecular complexity index is 874. The molecule has 3 rings (SSSR count). The van der Waals surface area contributed by atoms with Crippen molar-refractivity contribution < 1.29 is 14.3 Å². The Morgan fingerprint density at radius 1 is 1.03 bits per heavy atom. The van der Waals surface area contributed by atoms with E-state index in [1.165, 1.54) is 25.7 Å². The normalized spacial score (nSPS) is 14.1. The average molecular weight is 424 g/mol. The van der Waals surface area contributed by atoms with Gasteiger partial charge in [-0.05, 0) is 63.1 Å². The van der Waals surface area contributed by atoms with Crippen molar-refractivity contribution in [2.24, 2.45) is 0 Å². The number of methoxy groups -OCH3 is 1. The first kappa shape index (κ1) is 22.8. The summed E-state index contributed by atoms with van der Waals surface area (Å²) in [5.41, 5.74) is 1.82. The summed E-state index contributed by atoms with van der Waals surface area (Å²) < 4.78 is 5.27. The van der Waals surface area contributed by atoms with E-state index < -0.39 is 0 Å². The molecule has 166 valence electrons. The zero-order valence-electron chi connectivity index (χ0n) is 18.7. The van der Waals surface area contributed by atoms with Gasteiger partial charge in [0.15, 0.2) is 0 Å². The van der Waals surface area contributed by atoms with Gasteiger partial charge in [0, 0.05) is 36.3 Å². The van der Waals surface area contributed by atoms with Crippen molar-refractivity contribution in [3.05, 3.63) is 54.1 Å². The van der Waals surface area contributed by atoms with Gasteiger partial charge in [0.1, 0.15) is 5.75 Å². The fraction of sp³-hybridized carbons (Fsp3) is 0.440. The van der Waals surface area contributed by atoms with Crippen molar-refractivity contribution in [2.45, 2.75) is 58.0 Å². The number of para-hydroxylation sites is 2. The molecule has 6 heteroatoms. The monoisotopic (exact) mass is 423 g/mol. The topological polar surface area (TPSA) is 70.7 Å². The third-order valence-electron chi connectivity index (χ3n) is 5.84. The number of amides is 2. The summed E-state index contributed by atoms with van der Waals surface area (Å²) in [6, 6.07) is 15.2. The molecule has 0 aliphatic heterocycles. The number of carbonyl (C=O) groups excluding carboxylic acids is 2. The molecule has 0 unspecified atom stereocenters. The van der Waals surface area contributed by atoms with Crippen molar-refractivity contribution >= 4 is 23.2 Å². The van der Waals surface area contributed by atoms with Crippen LogP contribution in [0, 0.1) is 0 Å². The molecule has 0 bridgehead atoms. The maximum absolute atomic E-state index is 12.5. The van der Waals surface area contributed by atoms with Crippen molar-refractivity contribution in [1.29, 1.82) is 0 Å². The lowest BCUT2D eigenvalue weighted by molar-refractivity contribution is -0.116. The highest BCUT2D eigenvalue weighted by Crippen LogP contribution is 2.26. The lowest BCUT2D eigenvalue weighted by atomic mass is 10.1. The minimum atomic E-state index is -0.230. The number of rotatable bonds is 9. The molecule has 0 radical (unpaired) electrons. The van der Waals surface area contributed by atoms with Crippen LogP contribution >= 0.6 is 0 Å². The molecule has 0 aromatic heterocycles. The van der Waals surface area contributed by atoms with Gasteiger partial charge in [-0.1, -0.05) is 25.0 Å². The number of hydrogen-bond donors (Lipinski definition) is 2. The highest BCUT2D eigenvalue weighted by atomic mass is 16.5. The molecule has 2 amide bonds. The van der Waals surface area contributed by atoms with Crippen LogP contribution in [0.4, 0.5) is 11.4 Å². The van der Waals surface area contributed by atoms with Crippen LogP contribution in [0.2, 0.25) is 0 Å². The van der Waals surface area contributed by atoms with E-state index >= 15 is 0 Å². The first-order valence-electron chi connectivity index (χ1n) is 11.1. The number of benzene rings is 2. The maximum Gasteiger partial charge on any atom is 0.255 e. The van der Waals surface area contributed by atoms with Crippen LogP contribution in [0.25, 0.3) is 0 Å². The number of nitrogens with zero attached hydrogens (tertiary/aromatic N) is 1. The van der Waals surface area contributed by atoms with Gasteiger partial charge in [0.05, 0.1) is 12.8 Å². The van der Waals surface area contributed by atoms with E-state index in [0.717, 1.165) is 6.54 Å². The van der Waals surface area contributed by atoms with Gasteiger partial charge in [0.2, 0.25) is 5.91 Å². The van der Waals surface area contributed by atoms with E-state index in [-0.39, 0.29) is 11.8 Å². The molecular formula is C25H33N3O3. The Morgan fingerprint density at radius 2 is 1.71 bits per heavy atom. The summed E-state index contributed by atoms with van der Waals surface area (Å²) in [5.74, 6) is 0.370. The SMILES string of the molecule is COc1ccccc1NC(=O)c1ccc(NC(=O)CCN(C(C)C)C2CCCC2)cc1. The van der Waals surface area contributed by atoms with Crippen LogP contribution in [0.1, 0.15) is 56.3 Å². The largest absolute Gasteiger partial charge is 0.495 e. The predicted molar refractivity (Wildman–Crippen MR) is 125 cm³/mol. The summed E-state index contributed by atoms with van der Waals surface area (Å²) >= 11 is 0. The van der Waals surface area contributed by atoms with Crippen LogP contribution in [0.3, 0.4) is 0 Å². The summed E-state index contributed by atoms with van der Waals surface area (Å²) in [4.78, 5) is 27.4. The fourth-order valence-electron chi connectivity index (χ4n) is 4.20. The smallest absolute Gasteiger partial charge is 0.255 e. The van der Waals surface area contributed by atoms with E-state index in [0.29, 0.717) is 41.2 Å². The summed E-state index contributed by atoms with van der Waals surface area (Å²) in [7, 11) is 1.57. The second-order valence-corrected chi connectivity index (χ2v) is 8.30. The van der Waals surface area contributed by atoms with Crippen molar-refractivity contribution in [3.8, 4) is 5.75 Å². The summed E-state index contributed by atoms with van der Waals surface area (Å²) in [5, 5.41) is 5.79. The molecule has 1 aliphatic carbocycles. The number of hydrogen-bond acceptors (Lipinski definition) is 4. The van der Waals surface area contributed by atoms with Crippen LogP contribution < -0.4 is 15.4 Å². The van der Waals surface area contributed by atoms with Gasteiger partial charge in [-0.2, -0.15) is 0 Å². The Kier molecular flexibility index (Phi) is 8.06. The molecule has 1 saturated carbocycles. The Hall–Kier alpha value is -2.86. The van der Waals surface area contributed by atoms with Gasteiger partial charge >= 0.3 is 0 Å². The zero-order valence-corrected chi connectivity index (χ0v) is 18.7. The molecular weight excluding hydrogens is 390 g/mol. The highest BCUT2D eigenvalue weighted by molar-refractivity contribution is 6.05. The lowest BCUT2D eigenvalue weighted by Crippen LogP contribution is -2.40. The molecule has 2 aromatic rings. The number of ether oxygens (including phenoxy) is 1. The molecule has 6 nitrogen and oxygen atoms in total. The first-order valence-corrected chi connectivity index (χ1v) is 11.1. The average Bonchev–Trinajstić information content (AvgIpc) is 3.29. The Morgan fingerprint density at radius 3 is 2.35 bits per heavy atom. The number of anilines is 2. The standard InChI is InChI=1S/C25H33N3O3/c1-18(2)28(21-8-4-5-9-21)17-16-24(29)26-20-14-12-19(13-15-20)25(30)27-22-10-6-7-11-23(22)31-3/h6-7,10-15,18,21H,4-5,8-9,16-17H2,1-3H3,(H,26,29)(H,27,30). The van der Waals surface area contributed by atoms with E-state index in [1.54, 1.807) is 43.5 Å². The van der Waals surface area contributed by atoms with E-state index in [4.69, 9.17) is 4.74 Å². The highest BCUT2D eigenvalue weighted by Gasteiger charge is 2.24. The van der Waals surface area contributed by atoms with Crippen LogP contribution in [-0.4, -0.2) is 42.5 Å². The Balaban J connectivity index is 1.52. The summed E-state index contributed by atoms with van der Waals surface area (Å²) in [6.45, 7) is 5.17. The molecule has 0 saturated heterocycles. The number of nitrogens with one attached hydrogen (secondary N) is 2. The molecule has 0 atom stereocenters. The molecule has 2 N–H and O–H groups in total. The van der Waals surface area contributed by atoms with Gasteiger partial charge < -0.3 is 15.4 Å². The molecule has 1 aliphatic rings. The van der Waals surface area contributed by atoms with Gasteiger partial charge in [-0.15, -0.1) is 0 Å². The second kappa shape index (κ2) is 11.0. The molecule has 2 aromatic carbocycles. The van der Waals surface area contributed by atoms with E-state index in [1.807, 2.05) is 12.1 Å².